The van der Waals surface area contributed by atoms with E-state index >= 15 is 0 Å². The van der Waals surface area contributed by atoms with E-state index in [1.165, 1.54) is 29.3 Å². The first-order chi connectivity index (χ1) is 11.6. The molecule has 0 radical (unpaired) electrons. The fourth-order valence-electron chi connectivity index (χ4n) is 2.05. The van der Waals surface area contributed by atoms with Crippen LogP contribution in [0.4, 0.5) is 0 Å². The van der Waals surface area contributed by atoms with Crippen LogP contribution in [-0.4, -0.2) is 27.2 Å². The van der Waals surface area contributed by atoms with Gasteiger partial charge in [0.05, 0.1) is 18.4 Å². The number of nitrogens with zero attached hydrogens (tertiary/aromatic N) is 3. The molecule has 3 aromatic rings. The quantitative estimate of drug-likeness (QED) is 0.715. The van der Waals surface area contributed by atoms with Gasteiger partial charge >= 0.3 is 0 Å². The van der Waals surface area contributed by atoms with Gasteiger partial charge < -0.3 is 9.73 Å². The summed E-state index contributed by atoms with van der Waals surface area (Å²) in [4.78, 5) is 27.7. The van der Waals surface area contributed by atoms with E-state index in [1.807, 2.05) is 0 Å². The summed E-state index contributed by atoms with van der Waals surface area (Å²) in [6, 6.07) is 9.62. The van der Waals surface area contributed by atoms with Gasteiger partial charge in [0.25, 0.3) is 11.5 Å². The Bertz CT molecular complexity index is 888. The van der Waals surface area contributed by atoms with Crippen molar-refractivity contribution in [2.24, 2.45) is 0 Å². The van der Waals surface area contributed by atoms with Crippen LogP contribution in [0.25, 0.3) is 11.5 Å². The highest BCUT2D eigenvalue weighted by atomic mass is 35.5. The summed E-state index contributed by atoms with van der Waals surface area (Å²) in [5.41, 5.74) is 0.685. The topological polar surface area (TPSA) is 90.0 Å². The zero-order valence-electron chi connectivity index (χ0n) is 12.5. The fourth-order valence-corrected chi connectivity index (χ4v) is 2.16. The van der Waals surface area contributed by atoms with Gasteiger partial charge in [-0.15, -0.1) is 0 Å². The van der Waals surface area contributed by atoms with E-state index in [1.54, 1.807) is 24.3 Å². The van der Waals surface area contributed by atoms with Crippen LogP contribution < -0.4 is 10.9 Å². The summed E-state index contributed by atoms with van der Waals surface area (Å²) < 4.78 is 6.54. The Kier molecular flexibility index (Phi) is 4.72. The normalized spacial score (nSPS) is 10.5. The second-order valence-corrected chi connectivity index (χ2v) is 5.27. The van der Waals surface area contributed by atoms with E-state index in [0.717, 1.165) is 0 Å². The van der Waals surface area contributed by atoms with E-state index in [4.69, 9.17) is 16.0 Å². The molecule has 0 aromatic carbocycles. The lowest BCUT2D eigenvalue weighted by atomic mass is 10.3. The van der Waals surface area contributed by atoms with E-state index in [0.29, 0.717) is 22.2 Å². The van der Waals surface area contributed by atoms with Crippen LogP contribution in [0.15, 0.2) is 58.1 Å². The summed E-state index contributed by atoms with van der Waals surface area (Å²) in [6.07, 6.45) is 2.92. The first-order valence-electron chi connectivity index (χ1n) is 7.15. The number of halogens is 1. The van der Waals surface area contributed by atoms with Gasteiger partial charge in [-0.05, 0) is 30.3 Å². The van der Waals surface area contributed by atoms with Crippen LogP contribution in [0.3, 0.4) is 0 Å². The SMILES string of the molecule is O=C(NCCn1nc(-c2ccco2)ccc1=O)c1ccc(Cl)nc1. The number of aromatic nitrogens is 3. The van der Waals surface area contributed by atoms with Gasteiger partial charge in [0.15, 0.2) is 5.76 Å². The maximum Gasteiger partial charge on any atom is 0.266 e. The van der Waals surface area contributed by atoms with Gasteiger partial charge in [0.2, 0.25) is 0 Å². The molecule has 0 saturated heterocycles. The highest BCUT2D eigenvalue weighted by Gasteiger charge is 2.08. The molecule has 8 heteroatoms. The summed E-state index contributed by atoms with van der Waals surface area (Å²) in [6.45, 7) is 0.482. The Hall–Kier alpha value is -2.93. The standard InChI is InChI=1S/C16H13ClN4O3/c17-14-5-3-11(10-19-14)16(23)18-7-8-21-15(22)6-4-12(20-21)13-2-1-9-24-13/h1-6,9-10H,7-8H2,(H,18,23). The molecule has 0 unspecified atom stereocenters. The van der Waals surface area contributed by atoms with Crippen molar-refractivity contribution < 1.29 is 9.21 Å². The Labute approximate surface area is 141 Å². The smallest absolute Gasteiger partial charge is 0.266 e. The predicted molar refractivity (Wildman–Crippen MR) is 87.8 cm³/mol. The molecule has 0 atom stereocenters. The molecule has 0 aliphatic rings. The summed E-state index contributed by atoms with van der Waals surface area (Å²) in [5.74, 6) is 0.273. The maximum absolute atomic E-state index is 12.0. The molecular formula is C16H13ClN4O3. The third kappa shape index (κ3) is 3.69. The highest BCUT2D eigenvalue weighted by Crippen LogP contribution is 2.14. The lowest BCUT2D eigenvalue weighted by Crippen LogP contribution is -2.32. The van der Waals surface area contributed by atoms with Crippen LogP contribution in [0.2, 0.25) is 5.15 Å². The van der Waals surface area contributed by atoms with Gasteiger partial charge in [-0.25, -0.2) is 9.67 Å². The summed E-state index contributed by atoms with van der Waals surface area (Å²) >= 11 is 5.68. The number of hydrogen-bond donors (Lipinski definition) is 1. The van der Waals surface area contributed by atoms with Crippen LogP contribution in [0.5, 0.6) is 0 Å². The average Bonchev–Trinajstić information content (AvgIpc) is 3.11. The second kappa shape index (κ2) is 7.10. The van der Waals surface area contributed by atoms with E-state index in [-0.39, 0.29) is 24.6 Å². The lowest BCUT2D eigenvalue weighted by Gasteiger charge is -2.07. The molecule has 3 rings (SSSR count). The third-order valence-corrected chi connectivity index (χ3v) is 3.46. The van der Waals surface area contributed by atoms with Crippen LogP contribution >= 0.6 is 11.6 Å². The summed E-state index contributed by atoms with van der Waals surface area (Å²) in [7, 11) is 0. The maximum atomic E-state index is 12.0. The minimum atomic E-state index is -0.297. The van der Waals surface area contributed by atoms with E-state index in [2.05, 4.69) is 15.4 Å². The molecule has 7 nitrogen and oxygen atoms in total. The van der Waals surface area contributed by atoms with Gasteiger partial charge in [-0.2, -0.15) is 5.10 Å². The van der Waals surface area contributed by atoms with Crippen molar-refractivity contribution in [2.45, 2.75) is 6.54 Å². The first kappa shape index (κ1) is 15.9. The zero-order chi connectivity index (χ0) is 16.9. The molecule has 0 aliphatic carbocycles. The lowest BCUT2D eigenvalue weighted by molar-refractivity contribution is 0.0951. The molecule has 0 bridgehead atoms. The molecule has 0 saturated carbocycles. The molecule has 0 spiro atoms. The average molecular weight is 345 g/mol. The molecule has 3 heterocycles. The minimum Gasteiger partial charge on any atom is -0.463 e. The number of carbonyl (C=O) groups excluding carboxylic acids is 1. The Morgan fingerprint density at radius 1 is 1.25 bits per heavy atom. The molecule has 122 valence electrons. The molecule has 1 amide bonds. The summed E-state index contributed by atoms with van der Waals surface area (Å²) in [5, 5.41) is 7.25. The van der Waals surface area contributed by atoms with Crippen molar-refractivity contribution in [2.75, 3.05) is 6.54 Å². The Balaban J connectivity index is 1.64. The van der Waals surface area contributed by atoms with Gasteiger partial charge in [-0.1, -0.05) is 11.6 Å². The van der Waals surface area contributed by atoms with E-state index < -0.39 is 0 Å². The number of hydrogen-bond acceptors (Lipinski definition) is 5. The Morgan fingerprint density at radius 2 is 2.12 bits per heavy atom. The Morgan fingerprint density at radius 3 is 2.83 bits per heavy atom. The minimum absolute atomic E-state index is 0.236. The first-order valence-corrected chi connectivity index (χ1v) is 7.53. The van der Waals surface area contributed by atoms with Crippen molar-refractivity contribution >= 4 is 17.5 Å². The number of amides is 1. The number of nitrogens with one attached hydrogen (secondary N) is 1. The molecular weight excluding hydrogens is 332 g/mol. The van der Waals surface area contributed by atoms with Crippen molar-refractivity contribution in [1.82, 2.24) is 20.1 Å². The van der Waals surface area contributed by atoms with Crippen molar-refractivity contribution in [3.05, 3.63) is 69.9 Å². The van der Waals surface area contributed by atoms with Crippen molar-refractivity contribution in [3.8, 4) is 11.5 Å². The fraction of sp³-hybridized carbons (Fsp3) is 0.125. The van der Waals surface area contributed by atoms with Crippen molar-refractivity contribution in [1.29, 1.82) is 0 Å². The van der Waals surface area contributed by atoms with E-state index in [9.17, 15) is 9.59 Å². The molecule has 0 fully saturated rings. The van der Waals surface area contributed by atoms with Gasteiger partial charge in [0.1, 0.15) is 10.8 Å². The van der Waals surface area contributed by atoms with Gasteiger partial charge in [0, 0.05) is 18.8 Å². The zero-order valence-corrected chi connectivity index (χ0v) is 13.2. The monoisotopic (exact) mass is 344 g/mol. The second-order valence-electron chi connectivity index (χ2n) is 4.88. The largest absolute Gasteiger partial charge is 0.463 e. The predicted octanol–water partition coefficient (Wildman–Crippen LogP) is 1.98. The number of rotatable bonds is 5. The number of furan rings is 1. The third-order valence-electron chi connectivity index (χ3n) is 3.24. The molecule has 3 aromatic heterocycles. The highest BCUT2D eigenvalue weighted by molar-refractivity contribution is 6.29. The number of carbonyl (C=O) groups is 1. The number of pyridine rings is 1. The van der Waals surface area contributed by atoms with Gasteiger partial charge in [-0.3, -0.25) is 9.59 Å². The molecule has 24 heavy (non-hydrogen) atoms. The molecule has 1 N–H and O–H groups in total. The van der Waals surface area contributed by atoms with Crippen LogP contribution in [-0.2, 0) is 6.54 Å². The van der Waals surface area contributed by atoms with Crippen LogP contribution in [0.1, 0.15) is 10.4 Å². The molecule has 0 aliphatic heterocycles. The van der Waals surface area contributed by atoms with Crippen molar-refractivity contribution in [3.63, 3.8) is 0 Å². The van der Waals surface area contributed by atoms with Crippen LogP contribution in [0, 0.1) is 0 Å².